The molecule has 0 spiro atoms. The number of ether oxygens (including phenoxy) is 1. The highest BCUT2D eigenvalue weighted by Gasteiger charge is 2.65. The predicted molar refractivity (Wildman–Crippen MR) is 108 cm³/mol. The number of esters is 1. The molecule has 4 rings (SSSR count). The first kappa shape index (κ1) is 20.3. The number of carbonyl (C=O) groups excluding carboxylic acids is 3. The van der Waals surface area contributed by atoms with Gasteiger partial charge in [0.15, 0.2) is 18.2 Å². The van der Waals surface area contributed by atoms with E-state index in [1.165, 1.54) is 6.92 Å². The Morgan fingerprint density at radius 1 is 1.28 bits per heavy atom. The minimum atomic E-state index is -0.576. The van der Waals surface area contributed by atoms with Crippen molar-refractivity contribution >= 4 is 17.5 Å². The number of hydrogen-bond donors (Lipinski definition) is 1. The van der Waals surface area contributed by atoms with E-state index in [1.807, 2.05) is 12.2 Å². The van der Waals surface area contributed by atoms with E-state index in [4.69, 9.17) is 4.74 Å². The molecule has 29 heavy (non-hydrogen) atoms. The van der Waals surface area contributed by atoms with Crippen LogP contribution >= 0.6 is 0 Å². The van der Waals surface area contributed by atoms with Crippen LogP contribution < -0.4 is 0 Å². The fraction of sp³-hybridized carbons (Fsp3) is 0.625. The fourth-order valence-corrected chi connectivity index (χ4v) is 6.88. The average molecular weight is 398 g/mol. The molecular weight excluding hydrogens is 368 g/mol. The summed E-state index contributed by atoms with van der Waals surface area (Å²) in [5.41, 5.74) is 0.859. The molecule has 0 aromatic rings. The fourth-order valence-electron chi connectivity index (χ4n) is 6.88. The van der Waals surface area contributed by atoms with Crippen LogP contribution in [0, 0.1) is 28.1 Å². The second kappa shape index (κ2) is 6.49. The van der Waals surface area contributed by atoms with Crippen molar-refractivity contribution in [1.29, 1.82) is 0 Å². The van der Waals surface area contributed by atoms with Crippen LogP contribution in [0.4, 0.5) is 0 Å². The Morgan fingerprint density at radius 3 is 2.69 bits per heavy atom. The first-order chi connectivity index (χ1) is 13.5. The van der Waals surface area contributed by atoms with E-state index < -0.39 is 17.5 Å². The molecule has 0 radical (unpaired) electrons. The summed E-state index contributed by atoms with van der Waals surface area (Å²) in [6, 6.07) is 0. The lowest BCUT2D eigenvalue weighted by Gasteiger charge is -2.63. The van der Waals surface area contributed by atoms with E-state index in [2.05, 4.69) is 20.8 Å². The summed E-state index contributed by atoms with van der Waals surface area (Å²) < 4.78 is 4.96. The highest BCUT2D eigenvalue weighted by Crippen LogP contribution is 2.70. The van der Waals surface area contributed by atoms with Gasteiger partial charge >= 0.3 is 5.97 Å². The number of Topliss-reactive ketones (excluding diaryl/α,β-unsaturated/α-hetero) is 1. The molecule has 4 aliphatic carbocycles. The summed E-state index contributed by atoms with van der Waals surface area (Å²) in [4.78, 5) is 35.9. The molecule has 0 aliphatic heterocycles. The quantitative estimate of drug-likeness (QED) is 0.738. The first-order valence-electron chi connectivity index (χ1n) is 10.5. The second-order valence-corrected chi connectivity index (χ2v) is 9.91. The highest BCUT2D eigenvalue weighted by atomic mass is 16.5. The molecule has 0 aromatic carbocycles. The Balaban J connectivity index is 1.69. The van der Waals surface area contributed by atoms with Gasteiger partial charge in [-0.2, -0.15) is 0 Å². The van der Waals surface area contributed by atoms with E-state index in [-0.39, 0.29) is 40.8 Å². The minimum absolute atomic E-state index is 0.0150. The summed E-state index contributed by atoms with van der Waals surface area (Å²) >= 11 is 0. The molecular formula is C24H30O5. The number of allylic oxidation sites excluding steroid dienone is 5. The van der Waals surface area contributed by atoms with Gasteiger partial charge < -0.3 is 9.84 Å². The summed E-state index contributed by atoms with van der Waals surface area (Å²) in [6.07, 6.45) is 9.81. The van der Waals surface area contributed by atoms with Gasteiger partial charge in [-0.15, -0.1) is 0 Å². The van der Waals surface area contributed by atoms with Crippen LogP contribution in [0.15, 0.2) is 35.5 Å². The van der Waals surface area contributed by atoms with Crippen molar-refractivity contribution in [2.45, 2.75) is 59.5 Å². The van der Waals surface area contributed by atoms with Crippen molar-refractivity contribution in [2.75, 3.05) is 6.61 Å². The lowest BCUT2D eigenvalue weighted by Crippen LogP contribution is -2.60. The van der Waals surface area contributed by atoms with Crippen molar-refractivity contribution in [3.8, 4) is 0 Å². The summed E-state index contributed by atoms with van der Waals surface area (Å²) in [5, 5.41) is 11.3. The third-order valence-corrected chi connectivity index (χ3v) is 8.60. The average Bonchev–Trinajstić information content (AvgIpc) is 2.91. The van der Waals surface area contributed by atoms with E-state index in [9.17, 15) is 19.5 Å². The third-order valence-electron chi connectivity index (χ3n) is 8.60. The lowest BCUT2D eigenvalue weighted by molar-refractivity contribution is -0.151. The van der Waals surface area contributed by atoms with E-state index in [1.54, 1.807) is 12.2 Å². The Morgan fingerprint density at radius 2 is 2.00 bits per heavy atom. The molecule has 1 N–H and O–H groups in total. The normalized spacial score (nSPS) is 42.9. The molecule has 2 fully saturated rings. The van der Waals surface area contributed by atoms with E-state index in [0.29, 0.717) is 12.0 Å². The standard InChI is InChI=1S/C24H30O5/c1-14(25)29-13-20(28)17-8-10-23(3)18-6-5-15-11-16(26)7-9-22(15,2)21(18)19(27)12-24(17,23)4/h7-9,11,18-19,21,27H,5-6,10,12-13H2,1-4H3. The Kier molecular flexibility index (Phi) is 4.54. The molecule has 2 saturated carbocycles. The van der Waals surface area contributed by atoms with Gasteiger partial charge in [0.05, 0.1) is 6.10 Å². The number of fused-ring (bicyclic) bond motifs is 5. The maximum atomic E-state index is 12.9. The van der Waals surface area contributed by atoms with Crippen molar-refractivity contribution in [2.24, 2.45) is 28.1 Å². The van der Waals surface area contributed by atoms with Crippen LogP contribution in [0.3, 0.4) is 0 Å². The number of aliphatic hydroxyl groups is 1. The molecule has 0 aromatic heterocycles. The van der Waals surface area contributed by atoms with E-state index >= 15 is 0 Å². The zero-order valence-corrected chi connectivity index (χ0v) is 17.7. The van der Waals surface area contributed by atoms with Gasteiger partial charge in [-0.3, -0.25) is 14.4 Å². The topological polar surface area (TPSA) is 80.7 Å². The van der Waals surface area contributed by atoms with Crippen LogP contribution in [-0.4, -0.2) is 35.4 Å². The molecule has 5 heteroatoms. The van der Waals surface area contributed by atoms with Gasteiger partial charge in [0.25, 0.3) is 0 Å². The Bertz CT molecular complexity index is 880. The van der Waals surface area contributed by atoms with Crippen molar-refractivity contribution in [1.82, 2.24) is 0 Å². The lowest BCUT2D eigenvalue weighted by atomic mass is 9.42. The maximum Gasteiger partial charge on any atom is 0.303 e. The number of rotatable bonds is 3. The van der Waals surface area contributed by atoms with Gasteiger partial charge in [0, 0.05) is 29.2 Å². The van der Waals surface area contributed by atoms with E-state index in [0.717, 1.165) is 24.8 Å². The number of hydrogen-bond acceptors (Lipinski definition) is 5. The number of ketones is 2. The van der Waals surface area contributed by atoms with Crippen molar-refractivity contribution in [3.63, 3.8) is 0 Å². The Hall–Kier alpha value is -2.01. The predicted octanol–water partition coefficient (Wildman–Crippen LogP) is 3.32. The zero-order chi connectivity index (χ0) is 21.2. The summed E-state index contributed by atoms with van der Waals surface area (Å²) in [5.74, 6) is -0.361. The van der Waals surface area contributed by atoms with Crippen LogP contribution in [0.25, 0.3) is 0 Å². The number of aliphatic hydroxyl groups excluding tert-OH is 1. The molecule has 0 bridgehead atoms. The molecule has 0 amide bonds. The van der Waals surface area contributed by atoms with Crippen LogP contribution in [0.1, 0.15) is 53.4 Å². The Labute approximate surface area is 171 Å². The van der Waals surface area contributed by atoms with Crippen LogP contribution in [0.2, 0.25) is 0 Å². The van der Waals surface area contributed by atoms with Gasteiger partial charge in [-0.1, -0.05) is 38.5 Å². The molecule has 6 atom stereocenters. The third kappa shape index (κ3) is 2.73. The SMILES string of the molecule is CC(=O)OCC(=O)C1=CCC2(C)C3CCC4=CC(=O)C=CC4(C)C3C(O)CC12C. The maximum absolute atomic E-state index is 12.9. The monoisotopic (exact) mass is 398 g/mol. The molecule has 6 unspecified atom stereocenters. The zero-order valence-electron chi connectivity index (χ0n) is 17.7. The van der Waals surface area contributed by atoms with Crippen LogP contribution in [-0.2, 0) is 19.1 Å². The number of carbonyl (C=O) groups is 3. The molecule has 0 heterocycles. The van der Waals surface area contributed by atoms with Gasteiger partial charge in [-0.05, 0) is 49.2 Å². The smallest absolute Gasteiger partial charge is 0.303 e. The summed E-state index contributed by atoms with van der Waals surface area (Å²) in [6.45, 7) is 7.53. The van der Waals surface area contributed by atoms with Gasteiger partial charge in [0.1, 0.15) is 0 Å². The highest BCUT2D eigenvalue weighted by molar-refractivity contribution is 6.01. The molecule has 4 aliphatic rings. The van der Waals surface area contributed by atoms with Gasteiger partial charge in [0.2, 0.25) is 0 Å². The first-order valence-corrected chi connectivity index (χ1v) is 10.5. The van der Waals surface area contributed by atoms with Crippen molar-refractivity contribution in [3.05, 3.63) is 35.5 Å². The molecule has 0 saturated heterocycles. The molecule has 5 nitrogen and oxygen atoms in total. The molecule has 156 valence electrons. The second-order valence-electron chi connectivity index (χ2n) is 9.91. The summed E-state index contributed by atoms with van der Waals surface area (Å²) in [7, 11) is 0. The minimum Gasteiger partial charge on any atom is -0.457 e. The van der Waals surface area contributed by atoms with Gasteiger partial charge in [-0.25, -0.2) is 0 Å². The largest absolute Gasteiger partial charge is 0.457 e. The van der Waals surface area contributed by atoms with Crippen molar-refractivity contribution < 1.29 is 24.2 Å². The van der Waals surface area contributed by atoms with Crippen LogP contribution in [0.5, 0.6) is 0 Å².